The van der Waals surface area contributed by atoms with E-state index in [1.54, 1.807) is 0 Å². The van der Waals surface area contributed by atoms with Gasteiger partial charge in [-0.15, -0.1) is 0 Å². The van der Waals surface area contributed by atoms with E-state index < -0.39 is 11.9 Å². The summed E-state index contributed by atoms with van der Waals surface area (Å²) in [6.07, 6.45) is 12.3. The van der Waals surface area contributed by atoms with E-state index in [4.69, 9.17) is 9.47 Å². The Morgan fingerprint density at radius 2 is 1.10 bits per heavy atom. The van der Waals surface area contributed by atoms with Gasteiger partial charge in [-0.1, -0.05) is 58.8 Å². The smallest absolute Gasteiger partial charge is 0.331 e. The van der Waals surface area contributed by atoms with Crippen molar-refractivity contribution in [1.29, 1.82) is 0 Å². The average molecular weight is 298 g/mol. The zero-order chi connectivity index (χ0) is 15.8. The van der Waals surface area contributed by atoms with E-state index in [1.165, 1.54) is 32.1 Å². The first-order chi connectivity index (χ1) is 10.2. The molecule has 0 aliphatic rings. The molecule has 122 valence electrons. The second kappa shape index (κ2) is 15.1. The Morgan fingerprint density at radius 3 is 1.62 bits per heavy atom. The maximum atomic E-state index is 11.3. The third-order valence-electron chi connectivity index (χ3n) is 3.09. The second-order valence-corrected chi connectivity index (χ2v) is 5.14. The van der Waals surface area contributed by atoms with Crippen LogP contribution in [0.15, 0.2) is 12.2 Å². The third-order valence-corrected chi connectivity index (χ3v) is 3.09. The van der Waals surface area contributed by atoms with Crippen molar-refractivity contribution < 1.29 is 19.1 Å². The molecule has 0 unspecified atom stereocenters. The first-order valence-electron chi connectivity index (χ1n) is 8.22. The lowest BCUT2D eigenvalue weighted by molar-refractivity contribution is -0.140. The number of hydrogen-bond donors (Lipinski definition) is 0. The Bertz CT molecular complexity index is 297. The molecule has 0 heterocycles. The van der Waals surface area contributed by atoms with Crippen LogP contribution in [0.2, 0.25) is 0 Å². The predicted octanol–water partition coefficient (Wildman–Crippen LogP) is 4.18. The van der Waals surface area contributed by atoms with Gasteiger partial charge in [0.25, 0.3) is 0 Å². The van der Waals surface area contributed by atoms with Gasteiger partial charge in [-0.3, -0.25) is 0 Å². The molecule has 0 radical (unpaired) electrons. The van der Waals surface area contributed by atoms with Crippen molar-refractivity contribution >= 4 is 11.9 Å². The third kappa shape index (κ3) is 14.9. The number of esters is 2. The molecule has 0 rings (SSSR count). The fourth-order valence-electron chi connectivity index (χ4n) is 1.78. The number of carbonyl (C=O) groups is 2. The fraction of sp³-hybridized carbons (Fsp3) is 0.765. The van der Waals surface area contributed by atoms with E-state index in [0.29, 0.717) is 13.2 Å². The highest BCUT2D eigenvalue weighted by Crippen LogP contribution is 2.06. The van der Waals surface area contributed by atoms with Crippen LogP contribution in [-0.4, -0.2) is 25.2 Å². The molecule has 0 fully saturated rings. The van der Waals surface area contributed by atoms with Crippen LogP contribution in [0.3, 0.4) is 0 Å². The topological polar surface area (TPSA) is 52.6 Å². The van der Waals surface area contributed by atoms with Gasteiger partial charge in [0.2, 0.25) is 0 Å². The maximum Gasteiger partial charge on any atom is 0.331 e. The average Bonchev–Trinajstić information content (AvgIpc) is 2.48. The molecule has 0 aromatic heterocycles. The highest BCUT2D eigenvalue weighted by atomic mass is 16.5. The Labute approximate surface area is 128 Å². The summed E-state index contributed by atoms with van der Waals surface area (Å²) in [6, 6.07) is 0. The van der Waals surface area contributed by atoms with Gasteiger partial charge >= 0.3 is 11.9 Å². The van der Waals surface area contributed by atoms with Crippen molar-refractivity contribution in [3.8, 4) is 0 Å². The number of hydrogen-bond acceptors (Lipinski definition) is 4. The summed E-state index contributed by atoms with van der Waals surface area (Å²) in [5.41, 5.74) is 0. The minimum absolute atomic E-state index is 0.396. The molecule has 0 saturated carbocycles. The number of carbonyl (C=O) groups excluding carboxylic acids is 2. The Morgan fingerprint density at radius 1 is 0.667 bits per heavy atom. The highest BCUT2D eigenvalue weighted by molar-refractivity contribution is 5.91. The zero-order valence-corrected chi connectivity index (χ0v) is 13.6. The molecule has 21 heavy (non-hydrogen) atoms. The van der Waals surface area contributed by atoms with Gasteiger partial charge in [0.05, 0.1) is 13.2 Å². The molecular formula is C17H30O4. The molecule has 0 N–H and O–H groups in total. The van der Waals surface area contributed by atoms with Crippen molar-refractivity contribution in [2.75, 3.05) is 13.2 Å². The molecule has 4 nitrogen and oxygen atoms in total. The molecule has 0 bridgehead atoms. The van der Waals surface area contributed by atoms with E-state index in [0.717, 1.165) is 37.8 Å². The predicted molar refractivity (Wildman–Crippen MR) is 84.0 cm³/mol. The van der Waals surface area contributed by atoms with Gasteiger partial charge in [-0.2, -0.15) is 0 Å². The van der Waals surface area contributed by atoms with Crippen molar-refractivity contribution in [2.45, 2.75) is 71.6 Å². The van der Waals surface area contributed by atoms with E-state index in [-0.39, 0.29) is 0 Å². The molecule has 0 spiro atoms. The van der Waals surface area contributed by atoms with Gasteiger partial charge < -0.3 is 9.47 Å². The molecule has 0 saturated heterocycles. The molecular weight excluding hydrogens is 268 g/mol. The summed E-state index contributed by atoms with van der Waals surface area (Å²) >= 11 is 0. The molecule has 0 aromatic rings. The minimum Gasteiger partial charge on any atom is -0.463 e. The standard InChI is InChI=1S/C17H30O4/c1-3-5-7-8-9-10-11-15-21-17(19)13-12-16(18)20-14-6-4-2/h12-13H,3-11,14-15H2,1-2H3/b13-12+. The molecule has 0 amide bonds. The van der Waals surface area contributed by atoms with Gasteiger partial charge in [-0.25, -0.2) is 9.59 Å². The molecule has 0 aliphatic carbocycles. The summed E-state index contributed by atoms with van der Waals surface area (Å²) in [4.78, 5) is 22.5. The number of rotatable bonds is 13. The van der Waals surface area contributed by atoms with Crippen LogP contribution >= 0.6 is 0 Å². The normalized spacial score (nSPS) is 10.8. The van der Waals surface area contributed by atoms with Crippen molar-refractivity contribution in [2.24, 2.45) is 0 Å². The first-order valence-corrected chi connectivity index (χ1v) is 8.22. The lowest BCUT2D eigenvalue weighted by Gasteiger charge is -2.02. The number of ether oxygens (including phenoxy) is 2. The van der Waals surface area contributed by atoms with Crippen LogP contribution in [0.5, 0.6) is 0 Å². The monoisotopic (exact) mass is 298 g/mol. The first kappa shape index (κ1) is 19.7. The van der Waals surface area contributed by atoms with Gasteiger partial charge in [0.15, 0.2) is 0 Å². The van der Waals surface area contributed by atoms with Crippen LogP contribution in [0, 0.1) is 0 Å². The molecule has 0 atom stereocenters. The van der Waals surface area contributed by atoms with Crippen LogP contribution < -0.4 is 0 Å². The van der Waals surface area contributed by atoms with Gasteiger partial charge in [0.1, 0.15) is 0 Å². The lowest BCUT2D eigenvalue weighted by atomic mass is 10.1. The van der Waals surface area contributed by atoms with Crippen molar-refractivity contribution in [3.63, 3.8) is 0 Å². The largest absolute Gasteiger partial charge is 0.463 e. The van der Waals surface area contributed by atoms with Crippen LogP contribution in [-0.2, 0) is 19.1 Å². The Kier molecular flexibility index (Phi) is 14.1. The summed E-state index contributed by atoms with van der Waals surface area (Å²) in [7, 11) is 0. The molecule has 0 aliphatic heterocycles. The fourth-order valence-corrected chi connectivity index (χ4v) is 1.78. The number of unbranched alkanes of at least 4 members (excludes halogenated alkanes) is 7. The second-order valence-electron chi connectivity index (χ2n) is 5.14. The summed E-state index contributed by atoms with van der Waals surface area (Å²) in [6.45, 7) is 5.03. The van der Waals surface area contributed by atoms with Crippen LogP contribution in [0.4, 0.5) is 0 Å². The van der Waals surface area contributed by atoms with E-state index in [2.05, 4.69) is 6.92 Å². The Hall–Kier alpha value is -1.32. The van der Waals surface area contributed by atoms with E-state index in [9.17, 15) is 9.59 Å². The summed E-state index contributed by atoms with van der Waals surface area (Å²) in [5.74, 6) is -0.968. The highest BCUT2D eigenvalue weighted by Gasteiger charge is 2.00. The van der Waals surface area contributed by atoms with Crippen LogP contribution in [0.1, 0.15) is 71.6 Å². The molecule has 0 aromatic carbocycles. The summed E-state index contributed by atoms with van der Waals surface area (Å²) in [5, 5.41) is 0. The van der Waals surface area contributed by atoms with E-state index >= 15 is 0 Å². The molecule has 4 heteroatoms. The minimum atomic E-state index is -0.490. The zero-order valence-electron chi connectivity index (χ0n) is 13.6. The van der Waals surface area contributed by atoms with Crippen LogP contribution in [0.25, 0.3) is 0 Å². The lowest BCUT2D eigenvalue weighted by Crippen LogP contribution is -2.06. The maximum absolute atomic E-state index is 11.3. The SMILES string of the molecule is CCCCCCCCCOC(=O)/C=C/C(=O)OCCCC. The van der Waals surface area contributed by atoms with Crippen molar-refractivity contribution in [1.82, 2.24) is 0 Å². The van der Waals surface area contributed by atoms with E-state index in [1.807, 2.05) is 6.92 Å². The van der Waals surface area contributed by atoms with Gasteiger partial charge in [-0.05, 0) is 12.8 Å². The summed E-state index contributed by atoms with van der Waals surface area (Å²) < 4.78 is 9.90. The van der Waals surface area contributed by atoms with Crippen molar-refractivity contribution in [3.05, 3.63) is 12.2 Å². The van der Waals surface area contributed by atoms with Gasteiger partial charge in [0, 0.05) is 12.2 Å². The Balaban J connectivity index is 3.46. The quantitative estimate of drug-likeness (QED) is 0.291.